The Labute approximate surface area is 165 Å². The van der Waals surface area contributed by atoms with Gasteiger partial charge in [-0.1, -0.05) is 87.1 Å². The van der Waals surface area contributed by atoms with Crippen molar-refractivity contribution < 1.29 is 0 Å². The van der Waals surface area contributed by atoms with Crippen LogP contribution < -0.4 is 0 Å². The number of rotatable bonds is 6. The van der Waals surface area contributed by atoms with Gasteiger partial charge in [-0.3, -0.25) is 4.57 Å². The van der Waals surface area contributed by atoms with Crippen molar-refractivity contribution in [2.24, 2.45) is 0 Å². The standard InChI is InChI=1S/C22H24N4S/c1-22(2,3)19-12-10-18(11-13-19)20-24-25-21(27-15-7-14-23)26(20)16-17-8-5-4-6-9-17/h4-6,8-13H,7,15-16H2,1-3H3. The van der Waals surface area contributed by atoms with Crippen LogP contribution in [0.15, 0.2) is 59.8 Å². The Kier molecular flexibility index (Phi) is 5.98. The number of thioether (sulfide) groups is 1. The quantitative estimate of drug-likeness (QED) is 0.433. The Bertz CT molecular complexity index is 916. The summed E-state index contributed by atoms with van der Waals surface area (Å²) < 4.78 is 2.14. The molecular weight excluding hydrogens is 352 g/mol. The number of aromatic nitrogens is 3. The van der Waals surface area contributed by atoms with Crippen molar-refractivity contribution in [3.05, 3.63) is 65.7 Å². The first kappa shape index (κ1) is 19.2. The predicted molar refractivity (Wildman–Crippen MR) is 111 cm³/mol. The monoisotopic (exact) mass is 376 g/mol. The van der Waals surface area contributed by atoms with E-state index in [4.69, 9.17) is 5.26 Å². The van der Waals surface area contributed by atoms with Crippen LogP contribution in [-0.2, 0) is 12.0 Å². The minimum Gasteiger partial charge on any atom is -0.298 e. The lowest BCUT2D eigenvalue weighted by atomic mass is 9.87. The maximum Gasteiger partial charge on any atom is 0.191 e. The molecule has 3 aromatic rings. The highest BCUT2D eigenvalue weighted by Gasteiger charge is 2.17. The number of hydrogen-bond acceptors (Lipinski definition) is 4. The van der Waals surface area contributed by atoms with Crippen molar-refractivity contribution in [1.82, 2.24) is 14.8 Å². The molecule has 0 unspecified atom stereocenters. The highest BCUT2D eigenvalue weighted by molar-refractivity contribution is 7.99. The van der Waals surface area contributed by atoms with E-state index in [1.807, 2.05) is 18.2 Å². The van der Waals surface area contributed by atoms with Crippen LogP contribution in [-0.4, -0.2) is 20.5 Å². The minimum atomic E-state index is 0.120. The molecule has 0 saturated carbocycles. The number of nitrogens with zero attached hydrogens (tertiary/aromatic N) is 4. The largest absolute Gasteiger partial charge is 0.298 e. The summed E-state index contributed by atoms with van der Waals surface area (Å²) in [7, 11) is 0. The van der Waals surface area contributed by atoms with Crippen LogP contribution in [0.2, 0.25) is 0 Å². The van der Waals surface area contributed by atoms with Crippen LogP contribution in [0.1, 0.15) is 38.3 Å². The molecule has 0 atom stereocenters. The minimum absolute atomic E-state index is 0.120. The number of benzene rings is 2. The van der Waals surface area contributed by atoms with E-state index in [0.29, 0.717) is 18.7 Å². The Morgan fingerprint density at radius 1 is 1.00 bits per heavy atom. The molecule has 0 fully saturated rings. The Hall–Kier alpha value is -2.58. The maximum atomic E-state index is 8.82. The molecule has 1 aromatic heterocycles. The van der Waals surface area contributed by atoms with E-state index >= 15 is 0 Å². The molecule has 0 spiro atoms. The van der Waals surface area contributed by atoms with E-state index in [2.05, 4.69) is 78.0 Å². The van der Waals surface area contributed by atoms with Crippen molar-refractivity contribution in [3.8, 4) is 17.5 Å². The van der Waals surface area contributed by atoms with Gasteiger partial charge in [0.2, 0.25) is 0 Å². The Morgan fingerprint density at radius 2 is 1.70 bits per heavy atom. The van der Waals surface area contributed by atoms with Crippen molar-refractivity contribution in [1.29, 1.82) is 5.26 Å². The average molecular weight is 377 g/mol. The summed E-state index contributed by atoms with van der Waals surface area (Å²) >= 11 is 1.58. The Morgan fingerprint density at radius 3 is 2.33 bits per heavy atom. The van der Waals surface area contributed by atoms with Gasteiger partial charge in [-0.2, -0.15) is 5.26 Å². The molecule has 5 heteroatoms. The first-order valence-corrected chi connectivity index (χ1v) is 10.1. The van der Waals surface area contributed by atoms with Gasteiger partial charge in [0.25, 0.3) is 0 Å². The van der Waals surface area contributed by atoms with Gasteiger partial charge in [-0.15, -0.1) is 10.2 Å². The SMILES string of the molecule is CC(C)(C)c1ccc(-c2nnc(SCCC#N)n2Cc2ccccc2)cc1. The molecule has 27 heavy (non-hydrogen) atoms. The van der Waals surface area contributed by atoms with Crippen LogP contribution >= 0.6 is 11.8 Å². The summed E-state index contributed by atoms with van der Waals surface area (Å²) in [4.78, 5) is 0. The third-order valence-electron chi connectivity index (χ3n) is 4.35. The zero-order valence-corrected chi connectivity index (χ0v) is 16.8. The highest BCUT2D eigenvalue weighted by atomic mass is 32.2. The summed E-state index contributed by atoms with van der Waals surface area (Å²) in [5, 5.41) is 18.5. The smallest absolute Gasteiger partial charge is 0.191 e. The second-order valence-electron chi connectivity index (χ2n) is 7.46. The van der Waals surface area contributed by atoms with Gasteiger partial charge in [-0.25, -0.2) is 0 Å². The van der Waals surface area contributed by atoms with E-state index in [1.54, 1.807) is 11.8 Å². The van der Waals surface area contributed by atoms with Crippen LogP contribution in [0.5, 0.6) is 0 Å². The molecule has 3 rings (SSSR count). The van der Waals surface area contributed by atoms with E-state index in [1.165, 1.54) is 11.1 Å². The highest BCUT2D eigenvalue weighted by Crippen LogP contribution is 2.28. The topological polar surface area (TPSA) is 54.5 Å². The fourth-order valence-electron chi connectivity index (χ4n) is 2.82. The van der Waals surface area contributed by atoms with Gasteiger partial charge in [0.1, 0.15) is 0 Å². The van der Waals surface area contributed by atoms with E-state index in [9.17, 15) is 0 Å². The van der Waals surface area contributed by atoms with Gasteiger partial charge in [0.05, 0.1) is 12.6 Å². The van der Waals surface area contributed by atoms with E-state index in [-0.39, 0.29) is 5.41 Å². The molecule has 0 N–H and O–H groups in total. The van der Waals surface area contributed by atoms with Crippen LogP contribution in [0.25, 0.3) is 11.4 Å². The van der Waals surface area contributed by atoms with Gasteiger partial charge in [0.15, 0.2) is 11.0 Å². The maximum absolute atomic E-state index is 8.82. The zero-order valence-electron chi connectivity index (χ0n) is 16.0. The first-order valence-electron chi connectivity index (χ1n) is 9.07. The third kappa shape index (κ3) is 4.78. The van der Waals surface area contributed by atoms with Crippen molar-refractivity contribution in [3.63, 3.8) is 0 Å². The molecule has 1 heterocycles. The Balaban J connectivity index is 1.95. The summed E-state index contributed by atoms with van der Waals surface area (Å²) in [6.45, 7) is 7.34. The molecule has 2 aromatic carbocycles. The third-order valence-corrected chi connectivity index (χ3v) is 5.32. The molecule has 0 aliphatic rings. The normalized spacial score (nSPS) is 11.3. The van der Waals surface area contributed by atoms with E-state index in [0.717, 1.165) is 16.5 Å². The average Bonchev–Trinajstić information content (AvgIpc) is 3.05. The van der Waals surface area contributed by atoms with Gasteiger partial charge in [0, 0.05) is 17.7 Å². The fourth-order valence-corrected chi connectivity index (χ4v) is 3.61. The predicted octanol–water partition coefficient (Wildman–Crippen LogP) is 5.30. The van der Waals surface area contributed by atoms with Gasteiger partial charge >= 0.3 is 0 Å². The molecule has 0 amide bonds. The van der Waals surface area contributed by atoms with Crippen LogP contribution in [0.3, 0.4) is 0 Å². The summed E-state index contributed by atoms with van der Waals surface area (Å²) in [5.41, 5.74) is 3.67. The molecule has 0 aliphatic carbocycles. The molecule has 0 bridgehead atoms. The molecule has 0 radical (unpaired) electrons. The lowest BCUT2D eigenvalue weighted by molar-refractivity contribution is 0.590. The van der Waals surface area contributed by atoms with Crippen LogP contribution in [0, 0.1) is 11.3 Å². The summed E-state index contributed by atoms with van der Waals surface area (Å²) in [6.07, 6.45) is 0.498. The van der Waals surface area contributed by atoms with Gasteiger partial charge in [-0.05, 0) is 16.5 Å². The van der Waals surface area contributed by atoms with Crippen molar-refractivity contribution in [2.75, 3.05) is 5.75 Å². The summed E-state index contributed by atoms with van der Waals surface area (Å²) in [6, 6.07) is 21.1. The number of hydrogen-bond donors (Lipinski definition) is 0. The molecule has 0 saturated heterocycles. The summed E-state index contributed by atoms with van der Waals surface area (Å²) in [5.74, 6) is 1.57. The first-order chi connectivity index (χ1) is 13.0. The molecular formula is C22H24N4S. The molecule has 4 nitrogen and oxygen atoms in total. The van der Waals surface area contributed by atoms with Gasteiger partial charge < -0.3 is 0 Å². The lowest BCUT2D eigenvalue weighted by Crippen LogP contribution is -2.10. The van der Waals surface area contributed by atoms with E-state index < -0.39 is 0 Å². The van der Waals surface area contributed by atoms with Crippen LogP contribution in [0.4, 0.5) is 0 Å². The van der Waals surface area contributed by atoms with Crippen molar-refractivity contribution in [2.45, 2.75) is 44.3 Å². The zero-order chi connectivity index (χ0) is 19.3. The molecule has 0 aliphatic heterocycles. The van der Waals surface area contributed by atoms with Crippen molar-refractivity contribution >= 4 is 11.8 Å². The number of nitriles is 1. The lowest BCUT2D eigenvalue weighted by Gasteiger charge is -2.19. The second-order valence-corrected chi connectivity index (χ2v) is 8.52. The molecule has 138 valence electrons. The fraction of sp³-hybridized carbons (Fsp3) is 0.318. The second kappa shape index (κ2) is 8.41.